The molecule has 1 aromatic carbocycles. The van der Waals surface area contributed by atoms with E-state index in [1.165, 1.54) is 0 Å². The van der Waals surface area contributed by atoms with Crippen LogP contribution in [0.1, 0.15) is 36.2 Å². The van der Waals surface area contributed by atoms with Crippen LogP contribution in [0.4, 0.5) is 0 Å². The number of benzene rings is 1. The van der Waals surface area contributed by atoms with Gasteiger partial charge in [0.15, 0.2) is 0 Å². The lowest BCUT2D eigenvalue weighted by Gasteiger charge is -2.15. The summed E-state index contributed by atoms with van der Waals surface area (Å²) in [7, 11) is 0. The van der Waals surface area contributed by atoms with Gasteiger partial charge in [0.2, 0.25) is 5.82 Å². The number of aryl methyl sites for hydroxylation is 3. The van der Waals surface area contributed by atoms with Gasteiger partial charge in [0, 0.05) is 17.5 Å². The van der Waals surface area contributed by atoms with E-state index in [4.69, 9.17) is 14.4 Å². The Labute approximate surface area is 176 Å². The second-order valence-electron chi connectivity index (χ2n) is 8.10. The summed E-state index contributed by atoms with van der Waals surface area (Å²) < 4.78 is 11.1. The molecule has 1 unspecified atom stereocenters. The second-order valence-corrected chi connectivity index (χ2v) is 8.10. The predicted octanol–water partition coefficient (Wildman–Crippen LogP) is 3.65. The minimum Gasteiger partial charge on any atom is -0.490 e. The molecule has 2 N–H and O–H groups in total. The summed E-state index contributed by atoms with van der Waals surface area (Å²) in [5.41, 5.74) is 5.58. The molecule has 0 aliphatic carbocycles. The molecule has 2 aromatic heterocycles. The molecule has 30 heavy (non-hydrogen) atoms. The smallest absolute Gasteiger partial charge is 0.259 e. The summed E-state index contributed by atoms with van der Waals surface area (Å²) in [5, 5.41) is 22.6. The third-order valence-electron chi connectivity index (χ3n) is 4.81. The third kappa shape index (κ3) is 5.04. The highest BCUT2D eigenvalue weighted by Crippen LogP contribution is 2.30. The molecule has 0 saturated carbocycles. The number of rotatable bonds is 8. The lowest BCUT2D eigenvalue weighted by Crippen LogP contribution is -2.21. The van der Waals surface area contributed by atoms with Crippen molar-refractivity contribution in [3.05, 3.63) is 46.8 Å². The van der Waals surface area contributed by atoms with E-state index < -0.39 is 6.10 Å². The van der Waals surface area contributed by atoms with Gasteiger partial charge in [-0.25, -0.2) is 0 Å². The zero-order valence-electron chi connectivity index (χ0n) is 18.1. The Bertz CT molecular complexity index is 990. The summed E-state index contributed by atoms with van der Waals surface area (Å²) in [4.78, 5) is 9.13. The molecule has 160 valence electrons. The molecule has 0 fully saturated rings. The summed E-state index contributed by atoms with van der Waals surface area (Å²) in [5.74, 6) is 2.14. The fourth-order valence-electron chi connectivity index (χ4n) is 3.32. The van der Waals surface area contributed by atoms with Crippen LogP contribution >= 0.6 is 0 Å². The lowest BCUT2D eigenvalue weighted by atomic mass is 10.0. The molecule has 0 saturated heterocycles. The maximum atomic E-state index is 9.51. The van der Waals surface area contributed by atoms with Crippen LogP contribution in [-0.4, -0.2) is 44.7 Å². The Kier molecular flexibility index (Phi) is 6.84. The lowest BCUT2D eigenvalue weighted by molar-refractivity contribution is 0.0532. The zero-order valence-corrected chi connectivity index (χ0v) is 18.1. The quantitative estimate of drug-likeness (QED) is 0.583. The van der Waals surface area contributed by atoms with Gasteiger partial charge >= 0.3 is 0 Å². The monoisotopic (exact) mass is 411 g/mol. The third-order valence-corrected chi connectivity index (χ3v) is 4.81. The average molecular weight is 412 g/mol. The summed E-state index contributed by atoms with van der Waals surface area (Å²) in [6.45, 7) is 9.92. The minimum atomic E-state index is -0.910. The van der Waals surface area contributed by atoms with Gasteiger partial charge in [-0.15, -0.1) is 0 Å². The number of nitrogens with zero attached hydrogens (tertiary/aromatic N) is 3. The van der Waals surface area contributed by atoms with E-state index in [0.29, 0.717) is 23.4 Å². The number of pyridine rings is 1. The highest BCUT2D eigenvalue weighted by atomic mass is 16.5. The van der Waals surface area contributed by atoms with Crippen molar-refractivity contribution in [2.75, 3.05) is 13.2 Å². The van der Waals surface area contributed by atoms with E-state index in [9.17, 15) is 5.11 Å². The van der Waals surface area contributed by atoms with Gasteiger partial charge in [-0.1, -0.05) is 19.0 Å². The Morgan fingerprint density at radius 2 is 1.70 bits per heavy atom. The van der Waals surface area contributed by atoms with Crippen LogP contribution in [0.2, 0.25) is 0 Å². The summed E-state index contributed by atoms with van der Waals surface area (Å²) in [6, 6.07) is 5.86. The molecular weight excluding hydrogens is 382 g/mol. The van der Waals surface area contributed by atoms with E-state index in [2.05, 4.69) is 29.0 Å². The van der Waals surface area contributed by atoms with Gasteiger partial charge in [0.05, 0.1) is 12.2 Å². The maximum Gasteiger partial charge on any atom is 0.259 e. The second kappa shape index (κ2) is 9.36. The maximum absolute atomic E-state index is 9.51. The summed E-state index contributed by atoms with van der Waals surface area (Å²) in [6.07, 6.45) is 1.80. The topological polar surface area (TPSA) is 102 Å². The van der Waals surface area contributed by atoms with Crippen molar-refractivity contribution in [3.8, 4) is 28.6 Å². The standard InChI is InChI=1S/C23H29N3O4/c1-13(2)6-20-14(3)7-18(10-24-20)23-25-22(26-30-23)17-8-15(4)21(16(5)9-17)29-12-19(28)11-27/h7-10,13,19,27-28H,6,11-12H2,1-5H3. The normalized spacial score (nSPS) is 12.4. The minimum absolute atomic E-state index is 0.0308. The molecule has 7 nitrogen and oxygen atoms in total. The molecule has 0 aliphatic heterocycles. The predicted molar refractivity (Wildman–Crippen MR) is 114 cm³/mol. The van der Waals surface area contributed by atoms with Crippen LogP contribution in [0.5, 0.6) is 5.75 Å². The van der Waals surface area contributed by atoms with Crippen molar-refractivity contribution in [1.29, 1.82) is 0 Å². The SMILES string of the molecule is Cc1cc(-c2nc(-c3cc(C)c(OCC(O)CO)c(C)c3)no2)cnc1CC(C)C. The molecule has 7 heteroatoms. The molecule has 2 heterocycles. The molecule has 3 rings (SSSR count). The highest BCUT2D eigenvalue weighted by molar-refractivity contribution is 5.63. The van der Waals surface area contributed by atoms with E-state index in [1.807, 2.05) is 39.0 Å². The first-order valence-electron chi connectivity index (χ1n) is 10.1. The van der Waals surface area contributed by atoms with Crippen molar-refractivity contribution in [2.24, 2.45) is 5.92 Å². The van der Waals surface area contributed by atoms with E-state index in [-0.39, 0.29) is 13.2 Å². The molecule has 0 aliphatic rings. The van der Waals surface area contributed by atoms with Crippen molar-refractivity contribution < 1.29 is 19.5 Å². The average Bonchev–Trinajstić information content (AvgIpc) is 3.18. The highest BCUT2D eigenvalue weighted by Gasteiger charge is 2.16. The van der Waals surface area contributed by atoms with E-state index in [0.717, 1.165) is 39.9 Å². The van der Waals surface area contributed by atoms with Crippen LogP contribution in [0.15, 0.2) is 28.9 Å². The molecule has 0 radical (unpaired) electrons. The van der Waals surface area contributed by atoms with E-state index in [1.54, 1.807) is 6.20 Å². The molecule has 0 spiro atoms. The zero-order chi connectivity index (χ0) is 21.8. The van der Waals surface area contributed by atoms with Crippen molar-refractivity contribution in [3.63, 3.8) is 0 Å². The van der Waals surface area contributed by atoms with Gasteiger partial charge in [-0.2, -0.15) is 4.98 Å². The first-order chi connectivity index (χ1) is 14.3. The number of aliphatic hydroxyl groups excluding tert-OH is 2. The fourth-order valence-corrected chi connectivity index (χ4v) is 3.32. The van der Waals surface area contributed by atoms with Crippen LogP contribution in [0.25, 0.3) is 22.8 Å². The number of aliphatic hydroxyl groups is 2. The van der Waals surface area contributed by atoms with Crippen LogP contribution in [0, 0.1) is 26.7 Å². The van der Waals surface area contributed by atoms with Gasteiger partial charge in [0.1, 0.15) is 18.5 Å². The summed E-state index contributed by atoms with van der Waals surface area (Å²) >= 11 is 0. The van der Waals surface area contributed by atoms with Crippen LogP contribution < -0.4 is 4.74 Å². The van der Waals surface area contributed by atoms with Gasteiger partial charge < -0.3 is 19.5 Å². The molecule has 0 amide bonds. The van der Waals surface area contributed by atoms with E-state index >= 15 is 0 Å². The first-order valence-corrected chi connectivity index (χ1v) is 10.1. The number of ether oxygens (including phenoxy) is 1. The van der Waals surface area contributed by atoms with Crippen molar-refractivity contribution in [1.82, 2.24) is 15.1 Å². The Morgan fingerprint density at radius 3 is 2.30 bits per heavy atom. The van der Waals surface area contributed by atoms with Crippen LogP contribution in [-0.2, 0) is 6.42 Å². The Balaban J connectivity index is 1.83. The Morgan fingerprint density at radius 1 is 1.03 bits per heavy atom. The molecular formula is C23H29N3O4. The number of aromatic nitrogens is 3. The number of hydrogen-bond acceptors (Lipinski definition) is 7. The van der Waals surface area contributed by atoms with Gasteiger partial charge in [0.25, 0.3) is 5.89 Å². The van der Waals surface area contributed by atoms with Gasteiger partial charge in [-0.05, 0) is 68.0 Å². The fraction of sp³-hybridized carbons (Fsp3) is 0.435. The van der Waals surface area contributed by atoms with Crippen molar-refractivity contribution in [2.45, 2.75) is 47.1 Å². The molecule has 1 atom stereocenters. The van der Waals surface area contributed by atoms with Gasteiger partial charge in [-0.3, -0.25) is 4.98 Å². The first kappa shape index (κ1) is 21.9. The Hall–Kier alpha value is -2.77. The van der Waals surface area contributed by atoms with Crippen molar-refractivity contribution >= 4 is 0 Å². The molecule has 3 aromatic rings. The number of hydrogen-bond donors (Lipinski definition) is 2. The largest absolute Gasteiger partial charge is 0.490 e. The molecule has 0 bridgehead atoms. The van der Waals surface area contributed by atoms with Crippen LogP contribution in [0.3, 0.4) is 0 Å².